The molecule has 3 aromatic rings. The molecule has 0 atom stereocenters. The standard InChI is InChI=1S/C23H25N3O3/c1-16(2)19-7-6-17(3)21(13-19)29-15-22(27)26-23-20(5-4-10-25-23)28-14-18-8-11-24-12-9-18/h4-13,16H,14-15H2,1-3H3,(H,25,26,27). The number of benzene rings is 1. The molecule has 0 aliphatic carbocycles. The van der Waals surface area contributed by atoms with Gasteiger partial charge in [-0.05, 0) is 59.9 Å². The van der Waals surface area contributed by atoms with Gasteiger partial charge in [-0.2, -0.15) is 0 Å². The van der Waals surface area contributed by atoms with Gasteiger partial charge in [-0.1, -0.05) is 26.0 Å². The van der Waals surface area contributed by atoms with Gasteiger partial charge in [-0.15, -0.1) is 0 Å². The van der Waals surface area contributed by atoms with Crippen LogP contribution in [-0.2, 0) is 11.4 Å². The Morgan fingerprint density at radius 2 is 1.83 bits per heavy atom. The first kappa shape index (κ1) is 20.3. The first-order valence-corrected chi connectivity index (χ1v) is 9.53. The number of amides is 1. The molecular formula is C23H25N3O3. The molecule has 2 heterocycles. The van der Waals surface area contributed by atoms with Gasteiger partial charge in [0.05, 0.1) is 0 Å². The summed E-state index contributed by atoms with van der Waals surface area (Å²) in [5, 5.41) is 2.76. The van der Waals surface area contributed by atoms with E-state index < -0.39 is 0 Å². The number of rotatable bonds is 8. The van der Waals surface area contributed by atoms with Gasteiger partial charge in [-0.25, -0.2) is 4.98 Å². The van der Waals surface area contributed by atoms with Gasteiger partial charge < -0.3 is 14.8 Å². The number of pyridine rings is 2. The van der Waals surface area contributed by atoms with Gasteiger partial charge in [0.15, 0.2) is 18.2 Å². The summed E-state index contributed by atoms with van der Waals surface area (Å²) in [6.07, 6.45) is 5.02. The highest BCUT2D eigenvalue weighted by atomic mass is 16.5. The quantitative estimate of drug-likeness (QED) is 0.612. The molecule has 0 aliphatic heterocycles. The number of nitrogens with one attached hydrogen (secondary N) is 1. The van der Waals surface area contributed by atoms with E-state index in [1.165, 1.54) is 5.56 Å². The van der Waals surface area contributed by atoms with E-state index in [1.807, 2.05) is 31.2 Å². The fourth-order valence-electron chi connectivity index (χ4n) is 2.68. The maximum atomic E-state index is 12.4. The highest BCUT2D eigenvalue weighted by Gasteiger charge is 2.12. The van der Waals surface area contributed by atoms with Gasteiger partial charge >= 0.3 is 0 Å². The maximum Gasteiger partial charge on any atom is 0.263 e. The van der Waals surface area contributed by atoms with E-state index >= 15 is 0 Å². The largest absolute Gasteiger partial charge is 0.485 e. The molecule has 0 spiro atoms. The number of anilines is 1. The van der Waals surface area contributed by atoms with Crippen LogP contribution in [0.2, 0.25) is 0 Å². The topological polar surface area (TPSA) is 73.3 Å². The predicted octanol–water partition coefficient (Wildman–Crippen LogP) is 4.50. The summed E-state index contributed by atoms with van der Waals surface area (Å²) in [5.74, 6) is 1.66. The molecule has 0 aliphatic rings. The Kier molecular flexibility index (Phi) is 6.79. The summed E-state index contributed by atoms with van der Waals surface area (Å²) in [6.45, 7) is 6.45. The molecule has 6 heteroatoms. The molecule has 1 aromatic carbocycles. The second kappa shape index (κ2) is 9.68. The molecule has 3 rings (SSSR count). The van der Waals surface area contributed by atoms with Crippen molar-refractivity contribution in [3.63, 3.8) is 0 Å². The second-order valence-corrected chi connectivity index (χ2v) is 7.01. The zero-order chi connectivity index (χ0) is 20.6. The lowest BCUT2D eigenvalue weighted by molar-refractivity contribution is -0.118. The predicted molar refractivity (Wildman–Crippen MR) is 112 cm³/mol. The Bertz CT molecular complexity index is 959. The fourth-order valence-corrected chi connectivity index (χ4v) is 2.68. The number of carbonyl (C=O) groups is 1. The molecule has 0 saturated heterocycles. The molecule has 1 amide bonds. The fraction of sp³-hybridized carbons (Fsp3) is 0.261. The summed E-state index contributed by atoms with van der Waals surface area (Å²) >= 11 is 0. The van der Waals surface area contributed by atoms with E-state index in [9.17, 15) is 4.79 Å². The molecule has 6 nitrogen and oxygen atoms in total. The monoisotopic (exact) mass is 391 g/mol. The van der Waals surface area contributed by atoms with Crippen molar-refractivity contribution in [2.45, 2.75) is 33.3 Å². The Morgan fingerprint density at radius 3 is 2.59 bits per heavy atom. The van der Waals surface area contributed by atoms with Crippen LogP contribution in [0.4, 0.5) is 5.82 Å². The first-order valence-electron chi connectivity index (χ1n) is 9.53. The number of hydrogen-bond acceptors (Lipinski definition) is 5. The molecular weight excluding hydrogens is 366 g/mol. The maximum absolute atomic E-state index is 12.4. The number of carbonyl (C=O) groups excluding carboxylic acids is 1. The van der Waals surface area contributed by atoms with Gasteiger partial charge in [0.2, 0.25) is 0 Å². The molecule has 2 aromatic heterocycles. The average molecular weight is 391 g/mol. The van der Waals surface area contributed by atoms with E-state index in [0.717, 1.165) is 11.1 Å². The third-order valence-corrected chi connectivity index (χ3v) is 4.41. The zero-order valence-corrected chi connectivity index (χ0v) is 16.9. The second-order valence-electron chi connectivity index (χ2n) is 7.01. The smallest absolute Gasteiger partial charge is 0.263 e. The van der Waals surface area contributed by atoms with Gasteiger partial charge in [-0.3, -0.25) is 9.78 Å². The van der Waals surface area contributed by atoms with Crippen molar-refractivity contribution in [3.05, 3.63) is 77.7 Å². The van der Waals surface area contributed by atoms with Gasteiger partial charge in [0.1, 0.15) is 12.4 Å². The molecule has 0 unspecified atom stereocenters. The number of aryl methyl sites for hydroxylation is 1. The number of aromatic nitrogens is 2. The third-order valence-electron chi connectivity index (χ3n) is 4.41. The Labute approximate surface area is 170 Å². The van der Waals surface area contributed by atoms with Crippen LogP contribution in [0.25, 0.3) is 0 Å². The third kappa shape index (κ3) is 5.78. The van der Waals surface area contributed by atoms with Crippen molar-refractivity contribution >= 4 is 11.7 Å². The Hall–Kier alpha value is -3.41. The number of nitrogens with zero attached hydrogens (tertiary/aromatic N) is 2. The summed E-state index contributed by atoms with van der Waals surface area (Å²) in [5.41, 5.74) is 3.13. The van der Waals surface area contributed by atoms with Crippen LogP contribution in [0.3, 0.4) is 0 Å². The van der Waals surface area contributed by atoms with Crippen molar-refractivity contribution in [3.8, 4) is 11.5 Å². The van der Waals surface area contributed by atoms with Gasteiger partial charge in [0, 0.05) is 18.6 Å². The minimum Gasteiger partial charge on any atom is -0.485 e. The van der Waals surface area contributed by atoms with Crippen LogP contribution in [0.15, 0.2) is 61.1 Å². The highest BCUT2D eigenvalue weighted by molar-refractivity contribution is 5.92. The van der Waals surface area contributed by atoms with Crippen molar-refractivity contribution < 1.29 is 14.3 Å². The van der Waals surface area contributed by atoms with Crippen LogP contribution >= 0.6 is 0 Å². The Morgan fingerprint density at radius 1 is 1.03 bits per heavy atom. The van der Waals surface area contributed by atoms with E-state index in [1.54, 1.807) is 30.7 Å². The summed E-state index contributed by atoms with van der Waals surface area (Å²) in [7, 11) is 0. The summed E-state index contributed by atoms with van der Waals surface area (Å²) < 4.78 is 11.5. The van der Waals surface area contributed by atoms with Crippen LogP contribution < -0.4 is 14.8 Å². The molecule has 1 N–H and O–H groups in total. The van der Waals surface area contributed by atoms with E-state index in [0.29, 0.717) is 29.8 Å². The van der Waals surface area contributed by atoms with Crippen molar-refractivity contribution in [2.75, 3.05) is 11.9 Å². The van der Waals surface area contributed by atoms with Crippen LogP contribution in [0.1, 0.15) is 36.5 Å². The van der Waals surface area contributed by atoms with Crippen LogP contribution in [0, 0.1) is 6.92 Å². The summed E-state index contributed by atoms with van der Waals surface area (Å²) in [6, 6.07) is 13.3. The molecule has 0 saturated carbocycles. The van der Waals surface area contributed by atoms with Gasteiger partial charge in [0.25, 0.3) is 5.91 Å². The first-order chi connectivity index (χ1) is 14.0. The highest BCUT2D eigenvalue weighted by Crippen LogP contribution is 2.25. The lowest BCUT2D eigenvalue weighted by atomic mass is 10.0. The number of hydrogen-bond donors (Lipinski definition) is 1. The van der Waals surface area contributed by atoms with Crippen LogP contribution in [-0.4, -0.2) is 22.5 Å². The average Bonchev–Trinajstić information content (AvgIpc) is 2.73. The molecule has 29 heavy (non-hydrogen) atoms. The molecule has 0 fully saturated rings. The van der Waals surface area contributed by atoms with E-state index in [4.69, 9.17) is 9.47 Å². The molecule has 0 radical (unpaired) electrons. The molecule has 150 valence electrons. The van der Waals surface area contributed by atoms with E-state index in [-0.39, 0.29) is 12.5 Å². The number of ether oxygens (including phenoxy) is 2. The zero-order valence-electron chi connectivity index (χ0n) is 16.9. The Balaban J connectivity index is 1.60. The lowest BCUT2D eigenvalue weighted by Crippen LogP contribution is -2.21. The van der Waals surface area contributed by atoms with E-state index in [2.05, 4.69) is 35.2 Å². The summed E-state index contributed by atoms with van der Waals surface area (Å²) in [4.78, 5) is 20.6. The SMILES string of the molecule is Cc1ccc(C(C)C)cc1OCC(=O)Nc1ncccc1OCc1ccncc1. The normalized spacial score (nSPS) is 10.6. The van der Waals surface area contributed by atoms with Crippen LogP contribution in [0.5, 0.6) is 11.5 Å². The van der Waals surface area contributed by atoms with Crippen molar-refractivity contribution in [2.24, 2.45) is 0 Å². The minimum atomic E-state index is -0.299. The minimum absolute atomic E-state index is 0.108. The lowest BCUT2D eigenvalue weighted by Gasteiger charge is -2.14. The van der Waals surface area contributed by atoms with Crippen molar-refractivity contribution in [1.82, 2.24) is 9.97 Å². The molecule has 0 bridgehead atoms. The van der Waals surface area contributed by atoms with Crippen molar-refractivity contribution in [1.29, 1.82) is 0 Å².